The number of hydrogen-bond donors (Lipinski definition) is 0. The molecule has 0 aromatic carbocycles. The van der Waals surface area contributed by atoms with Crippen molar-refractivity contribution in [3.8, 4) is 0 Å². The largest absolute Gasteiger partial charge is 0.361 e. The van der Waals surface area contributed by atoms with E-state index in [2.05, 4.69) is 12.1 Å². The molecule has 1 heterocycles. The van der Waals surface area contributed by atoms with E-state index >= 15 is 0 Å². The number of aryl methyl sites for hydroxylation is 2. The first-order valence-corrected chi connectivity index (χ1v) is 5.38. The van der Waals surface area contributed by atoms with Crippen molar-refractivity contribution >= 4 is 0 Å². The zero-order valence-electron chi connectivity index (χ0n) is 8.31. The molecule has 1 aromatic rings. The smallest absolute Gasteiger partial charge is 0.140 e. The Kier molecular flexibility index (Phi) is 2.67. The fourth-order valence-corrected chi connectivity index (χ4v) is 2.08. The summed E-state index contributed by atoms with van der Waals surface area (Å²) in [5.74, 6) is 1.16. The lowest BCUT2D eigenvalue weighted by Crippen LogP contribution is -1.98. The molecule has 0 atom stereocenters. The standard InChI is InChI=1S/C11H17NO/c1-2-10-9-7-5-3-4-6-8-11(9)13-12-10/h2-8H2,1H3. The minimum atomic E-state index is 1.01. The van der Waals surface area contributed by atoms with Gasteiger partial charge in [-0.05, 0) is 25.7 Å². The van der Waals surface area contributed by atoms with Crippen molar-refractivity contribution in [2.75, 3.05) is 0 Å². The third kappa shape index (κ3) is 1.77. The minimum absolute atomic E-state index is 1.01. The van der Waals surface area contributed by atoms with Crippen LogP contribution in [-0.4, -0.2) is 5.16 Å². The predicted octanol–water partition coefficient (Wildman–Crippen LogP) is 2.90. The van der Waals surface area contributed by atoms with Crippen molar-refractivity contribution in [1.82, 2.24) is 5.16 Å². The van der Waals surface area contributed by atoms with E-state index < -0.39 is 0 Å². The van der Waals surface area contributed by atoms with Crippen molar-refractivity contribution < 1.29 is 4.52 Å². The predicted molar refractivity (Wildman–Crippen MR) is 51.8 cm³/mol. The van der Waals surface area contributed by atoms with Gasteiger partial charge in [-0.25, -0.2) is 0 Å². The van der Waals surface area contributed by atoms with Crippen LogP contribution >= 0.6 is 0 Å². The van der Waals surface area contributed by atoms with E-state index in [4.69, 9.17) is 4.52 Å². The van der Waals surface area contributed by atoms with E-state index in [0.29, 0.717) is 0 Å². The molecular weight excluding hydrogens is 162 g/mol. The number of fused-ring (bicyclic) bond motifs is 1. The first kappa shape index (κ1) is 8.79. The molecule has 2 rings (SSSR count). The maximum absolute atomic E-state index is 5.36. The summed E-state index contributed by atoms with van der Waals surface area (Å²) in [5.41, 5.74) is 2.61. The lowest BCUT2D eigenvalue weighted by Gasteiger charge is -2.07. The average Bonchev–Trinajstić information content (AvgIpc) is 2.46. The molecule has 0 fully saturated rings. The Morgan fingerprint density at radius 3 is 2.69 bits per heavy atom. The van der Waals surface area contributed by atoms with Crippen molar-refractivity contribution in [2.45, 2.75) is 51.9 Å². The minimum Gasteiger partial charge on any atom is -0.361 e. The highest BCUT2D eigenvalue weighted by atomic mass is 16.5. The monoisotopic (exact) mass is 179 g/mol. The molecule has 2 nitrogen and oxygen atoms in total. The van der Waals surface area contributed by atoms with Crippen LogP contribution in [-0.2, 0) is 19.3 Å². The normalized spacial score (nSPS) is 17.6. The van der Waals surface area contributed by atoms with Crippen LogP contribution in [0.25, 0.3) is 0 Å². The molecule has 13 heavy (non-hydrogen) atoms. The molecular formula is C11H17NO. The van der Waals surface area contributed by atoms with Gasteiger partial charge in [0.25, 0.3) is 0 Å². The molecule has 0 saturated carbocycles. The summed E-state index contributed by atoms with van der Waals surface area (Å²) >= 11 is 0. The Balaban J connectivity index is 2.25. The van der Waals surface area contributed by atoms with Gasteiger partial charge < -0.3 is 4.52 Å². The zero-order chi connectivity index (χ0) is 9.10. The molecule has 0 saturated heterocycles. The van der Waals surface area contributed by atoms with Gasteiger partial charge in [0.05, 0.1) is 5.69 Å². The Morgan fingerprint density at radius 2 is 1.92 bits per heavy atom. The van der Waals surface area contributed by atoms with Gasteiger partial charge in [-0.2, -0.15) is 0 Å². The first-order valence-electron chi connectivity index (χ1n) is 5.38. The van der Waals surface area contributed by atoms with Gasteiger partial charge >= 0.3 is 0 Å². The van der Waals surface area contributed by atoms with Gasteiger partial charge in [0.15, 0.2) is 0 Å². The van der Waals surface area contributed by atoms with Crippen molar-refractivity contribution in [2.24, 2.45) is 0 Å². The number of rotatable bonds is 1. The van der Waals surface area contributed by atoms with Crippen LogP contribution in [0.4, 0.5) is 0 Å². The summed E-state index contributed by atoms with van der Waals surface area (Å²) < 4.78 is 5.36. The lowest BCUT2D eigenvalue weighted by molar-refractivity contribution is 0.370. The van der Waals surface area contributed by atoms with Crippen molar-refractivity contribution in [1.29, 1.82) is 0 Å². The molecule has 2 heteroatoms. The van der Waals surface area contributed by atoms with E-state index in [9.17, 15) is 0 Å². The quantitative estimate of drug-likeness (QED) is 0.662. The van der Waals surface area contributed by atoms with E-state index in [0.717, 1.165) is 18.6 Å². The van der Waals surface area contributed by atoms with Crippen LogP contribution in [0.5, 0.6) is 0 Å². The second-order valence-corrected chi connectivity index (χ2v) is 3.80. The Bertz CT molecular complexity index is 278. The summed E-state index contributed by atoms with van der Waals surface area (Å²) in [7, 11) is 0. The maximum Gasteiger partial charge on any atom is 0.140 e. The van der Waals surface area contributed by atoms with Crippen LogP contribution in [0.3, 0.4) is 0 Å². The molecule has 0 amide bonds. The SMILES string of the molecule is CCc1noc2c1CCCCCC2. The van der Waals surface area contributed by atoms with Crippen LogP contribution < -0.4 is 0 Å². The second-order valence-electron chi connectivity index (χ2n) is 3.80. The third-order valence-electron chi connectivity index (χ3n) is 2.87. The molecule has 0 spiro atoms. The zero-order valence-corrected chi connectivity index (χ0v) is 8.31. The Hall–Kier alpha value is -0.790. The molecule has 0 aliphatic heterocycles. The molecule has 0 bridgehead atoms. The summed E-state index contributed by atoms with van der Waals surface area (Å²) in [6, 6.07) is 0. The van der Waals surface area contributed by atoms with Crippen molar-refractivity contribution in [3.63, 3.8) is 0 Å². The van der Waals surface area contributed by atoms with E-state index in [1.807, 2.05) is 0 Å². The summed E-state index contributed by atoms with van der Waals surface area (Å²) in [6.45, 7) is 2.15. The number of hydrogen-bond acceptors (Lipinski definition) is 2. The fraction of sp³-hybridized carbons (Fsp3) is 0.727. The van der Waals surface area contributed by atoms with Crippen LogP contribution in [0.2, 0.25) is 0 Å². The van der Waals surface area contributed by atoms with E-state index in [-0.39, 0.29) is 0 Å². The second kappa shape index (κ2) is 3.95. The molecule has 0 radical (unpaired) electrons. The topological polar surface area (TPSA) is 26.0 Å². The van der Waals surface area contributed by atoms with Gasteiger partial charge in [0.1, 0.15) is 5.76 Å². The highest BCUT2D eigenvalue weighted by molar-refractivity contribution is 5.23. The molecule has 72 valence electrons. The number of nitrogens with zero attached hydrogens (tertiary/aromatic N) is 1. The third-order valence-corrected chi connectivity index (χ3v) is 2.87. The van der Waals surface area contributed by atoms with E-state index in [1.54, 1.807) is 0 Å². The first-order chi connectivity index (χ1) is 6.42. The highest BCUT2D eigenvalue weighted by Crippen LogP contribution is 2.23. The Labute approximate surface area is 79.3 Å². The van der Waals surface area contributed by atoms with Gasteiger partial charge in [-0.15, -0.1) is 0 Å². The van der Waals surface area contributed by atoms with Crippen LogP contribution in [0.1, 0.15) is 49.6 Å². The Morgan fingerprint density at radius 1 is 1.15 bits per heavy atom. The number of aromatic nitrogens is 1. The van der Waals surface area contributed by atoms with Gasteiger partial charge in [0, 0.05) is 12.0 Å². The average molecular weight is 179 g/mol. The van der Waals surface area contributed by atoms with Gasteiger partial charge in [-0.3, -0.25) is 0 Å². The van der Waals surface area contributed by atoms with Gasteiger partial charge in [0.2, 0.25) is 0 Å². The molecule has 1 aliphatic carbocycles. The van der Waals surface area contributed by atoms with Crippen molar-refractivity contribution in [3.05, 3.63) is 17.0 Å². The highest BCUT2D eigenvalue weighted by Gasteiger charge is 2.15. The molecule has 0 N–H and O–H groups in total. The van der Waals surface area contributed by atoms with Crippen LogP contribution in [0.15, 0.2) is 4.52 Å². The molecule has 1 aromatic heterocycles. The summed E-state index contributed by atoms with van der Waals surface area (Å²) in [4.78, 5) is 0. The molecule has 1 aliphatic rings. The fourth-order valence-electron chi connectivity index (χ4n) is 2.08. The summed E-state index contributed by atoms with van der Waals surface area (Å²) in [6.07, 6.45) is 8.59. The van der Waals surface area contributed by atoms with Crippen LogP contribution in [0, 0.1) is 0 Å². The lowest BCUT2D eigenvalue weighted by atomic mass is 9.97. The maximum atomic E-state index is 5.36. The summed E-state index contributed by atoms with van der Waals surface area (Å²) in [5, 5.41) is 4.12. The molecule has 0 unspecified atom stereocenters. The van der Waals surface area contributed by atoms with Gasteiger partial charge in [-0.1, -0.05) is 24.9 Å². The van der Waals surface area contributed by atoms with E-state index in [1.165, 1.54) is 43.4 Å².